The topological polar surface area (TPSA) is 83.6 Å². The summed E-state index contributed by atoms with van der Waals surface area (Å²) in [5.41, 5.74) is 0.591. The van der Waals surface area contributed by atoms with E-state index < -0.39 is 0 Å². The molecule has 0 aliphatic rings. The Labute approximate surface area is 129 Å². The van der Waals surface area contributed by atoms with Gasteiger partial charge in [0, 0.05) is 7.05 Å². The second-order valence-corrected chi connectivity index (χ2v) is 6.92. The Morgan fingerprint density at radius 1 is 1.33 bits per heavy atom. The summed E-state index contributed by atoms with van der Waals surface area (Å²) >= 11 is 3.00. The van der Waals surface area contributed by atoms with Crippen LogP contribution in [0.2, 0.25) is 0 Å². The van der Waals surface area contributed by atoms with E-state index in [1.165, 1.54) is 23.1 Å². The Morgan fingerprint density at radius 2 is 2.14 bits per heavy atom. The highest BCUT2D eigenvalue weighted by atomic mass is 32.2. The first-order valence-electron chi connectivity index (χ1n) is 6.34. The van der Waals surface area contributed by atoms with Gasteiger partial charge in [0.25, 0.3) is 5.56 Å². The van der Waals surface area contributed by atoms with E-state index in [0.717, 1.165) is 9.47 Å². The van der Waals surface area contributed by atoms with Crippen LogP contribution in [-0.2, 0) is 0 Å². The molecule has 0 unspecified atom stereocenters. The van der Waals surface area contributed by atoms with E-state index in [0.29, 0.717) is 16.7 Å². The third-order valence-electron chi connectivity index (χ3n) is 2.91. The Balaban J connectivity index is 1.90. The van der Waals surface area contributed by atoms with Crippen LogP contribution in [0.15, 0.2) is 33.4 Å². The van der Waals surface area contributed by atoms with Crippen LogP contribution in [0.1, 0.15) is 18.0 Å². The highest BCUT2D eigenvalue weighted by Crippen LogP contribution is 2.35. The van der Waals surface area contributed by atoms with Gasteiger partial charge in [-0.1, -0.05) is 35.2 Å². The van der Waals surface area contributed by atoms with E-state index in [2.05, 4.69) is 25.5 Å². The lowest BCUT2D eigenvalue weighted by atomic mass is 10.2. The SMILES string of the molecule is CNc1nnc(S[C@@H](C)c2nc3ccccc3c(=O)[nH]2)s1. The number of rotatable bonds is 4. The number of H-pyrrole nitrogens is 1. The minimum Gasteiger partial charge on any atom is -0.363 e. The van der Waals surface area contributed by atoms with Crippen molar-refractivity contribution in [2.45, 2.75) is 16.5 Å². The van der Waals surface area contributed by atoms with Gasteiger partial charge in [-0.25, -0.2) is 4.98 Å². The fourth-order valence-corrected chi connectivity index (χ4v) is 3.77. The van der Waals surface area contributed by atoms with E-state index in [1.54, 1.807) is 13.1 Å². The predicted octanol–water partition coefficient (Wildman–Crippen LogP) is 2.67. The van der Waals surface area contributed by atoms with Crippen LogP contribution in [0.25, 0.3) is 10.9 Å². The van der Waals surface area contributed by atoms with Crippen molar-refractivity contribution >= 4 is 39.1 Å². The zero-order valence-electron chi connectivity index (χ0n) is 11.5. The number of hydrogen-bond donors (Lipinski definition) is 2. The Kier molecular flexibility index (Phi) is 3.89. The standard InChI is InChI=1S/C13H13N5OS2/c1-7(20-13-18-17-12(14-2)21-13)10-15-9-6-4-3-5-8(9)11(19)16-10/h3-7H,1-2H3,(H,14,17)(H,15,16,19)/t7-/m0/s1. The minimum atomic E-state index is -0.115. The zero-order valence-corrected chi connectivity index (χ0v) is 13.1. The molecule has 0 saturated carbocycles. The molecule has 0 radical (unpaired) electrons. The first-order chi connectivity index (χ1) is 10.2. The number of fused-ring (bicyclic) bond motifs is 1. The van der Waals surface area contributed by atoms with E-state index in [1.807, 2.05) is 25.1 Å². The fraction of sp³-hybridized carbons (Fsp3) is 0.231. The number of hydrogen-bond acceptors (Lipinski definition) is 7. The summed E-state index contributed by atoms with van der Waals surface area (Å²) in [6.07, 6.45) is 0. The normalized spacial score (nSPS) is 12.5. The monoisotopic (exact) mass is 319 g/mol. The molecular weight excluding hydrogens is 306 g/mol. The van der Waals surface area contributed by atoms with Crippen LogP contribution >= 0.6 is 23.1 Å². The van der Waals surface area contributed by atoms with Crippen LogP contribution in [0, 0.1) is 0 Å². The molecule has 0 aliphatic carbocycles. The number of thioether (sulfide) groups is 1. The average molecular weight is 319 g/mol. The zero-order chi connectivity index (χ0) is 14.8. The minimum absolute atomic E-state index is 0.0139. The summed E-state index contributed by atoms with van der Waals surface area (Å²) in [6.45, 7) is 1.98. The summed E-state index contributed by atoms with van der Waals surface area (Å²) in [5.74, 6) is 0.643. The number of para-hydroxylation sites is 1. The molecule has 1 atom stereocenters. The third kappa shape index (κ3) is 2.91. The number of nitrogens with zero attached hydrogens (tertiary/aromatic N) is 3. The number of benzene rings is 1. The van der Waals surface area contributed by atoms with Gasteiger partial charge in [0.1, 0.15) is 5.82 Å². The van der Waals surface area contributed by atoms with Crippen molar-refractivity contribution in [2.75, 3.05) is 12.4 Å². The van der Waals surface area contributed by atoms with Crippen LogP contribution in [-0.4, -0.2) is 27.2 Å². The van der Waals surface area contributed by atoms with Crippen molar-refractivity contribution in [3.63, 3.8) is 0 Å². The number of anilines is 1. The molecule has 108 valence electrons. The second-order valence-electron chi connectivity index (χ2n) is 4.35. The fourth-order valence-electron chi connectivity index (χ4n) is 1.86. The van der Waals surface area contributed by atoms with Gasteiger partial charge in [-0.3, -0.25) is 4.79 Å². The lowest BCUT2D eigenvalue weighted by molar-refractivity contribution is 0.916. The van der Waals surface area contributed by atoms with Crippen LogP contribution in [0.5, 0.6) is 0 Å². The van der Waals surface area contributed by atoms with E-state index in [9.17, 15) is 4.79 Å². The van der Waals surface area contributed by atoms with Gasteiger partial charge in [0.2, 0.25) is 5.13 Å². The summed E-state index contributed by atoms with van der Waals surface area (Å²) in [5, 5.41) is 12.4. The molecule has 0 saturated heterocycles. The summed E-state index contributed by atoms with van der Waals surface area (Å²) < 4.78 is 0.836. The van der Waals surface area contributed by atoms with Crippen molar-refractivity contribution in [1.29, 1.82) is 0 Å². The molecular formula is C13H13N5OS2. The average Bonchev–Trinajstić information content (AvgIpc) is 2.95. The molecule has 3 aromatic rings. The quantitative estimate of drug-likeness (QED) is 0.719. The Bertz CT molecular complexity index is 829. The summed E-state index contributed by atoms with van der Waals surface area (Å²) in [7, 11) is 1.81. The molecule has 2 N–H and O–H groups in total. The van der Waals surface area contributed by atoms with Crippen molar-refractivity contribution in [3.8, 4) is 0 Å². The van der Waals surface area contributed by atoms with E-state index in [4.69, 9.17) is 0 Å². The Hall–Kier alpha value is -1.93. The van der Waals surface area contributed by atoms with Crippen LogP contribution in [0.4, 0.5) is 5.13 Å². The largest absolute Gasteiger partial charge is 0.363 e. The van der Waals surface area contributed by atoms with Gasteiger partial charge in [-0.2, -0.15) is 0 Å². The van der Waals surface area contributed by atoms with Gasteiger partial charge in [-0.15, -0.1) is 10.2 Å². The van der Waals surface area contributed by atoms with Crippen molar-refractivity contribution in [2.24, 2.45) is 0 Å². The predicted molar refractivity (Wildman–Crippen MR) is 86.1 cm³/mol. The maximum atomic E-state index is 12.1. The number of aromatic nitrogens is 4. The molecule has 21 heavy (non-hydrogen) atoms. The van der Waals surface area contributed by atoms with Gasteiger partial charge in [-0.05, 0) is 19.1 Å². The second kappa shape index (κ2) is 5.82. The molecule has 0 bridgehead atoms. The van der Waals surface area contributed by atoms with Gasteiger partial charge >= 0.3 is 0 Å². The van der Waals surface area contributed by atoms with Crippen LogP contribution in [0.3, 0.4) is 0 Å². The molecule has 3 rings (SSSR count). The van der Waals surface area contributed by atoms with E-state index >= 15 is 0 Å². The molecule has 6 nitrogen and oxygen atoms in total. The first kappa shape index (κ1) is 14.0. The van der Waals surface area contributed by atoms with E-state index in [-0.39, 0.29) is 10.8 Å². The smallest absolute Gasteiger partial charge is 0.258 e. The van der Waals surface area contributed by atoms with Crippen molar-refractivity contribution in [1.82, 2.24) is 20.2 Å². The van der Waals surface area contributed by atoms with Crippen molar-refractivity contribution < 1.29 is 0 Å². The van der Waals surface area contributed by atoms with Gasteiger partial charge < -0.3 is 10.3 Å². The summed E-state index contributed by atoms with van der Waals surface area (Å²) in [6, 6.07) is 7.32. The highest BCUT2D eigenvalue weighted by molar-refractivity contribution is 8.01. The lowest BCUT2D eigenvalue weighted by Crippen LogP contribution is -2.12. The molecule has 0 aliphatic heterocycles. The molecule has 0 amide bonds. The van der Waals surface area contributed by atoms with Crippen molar-refractivity contribution in [3.05, 3.63) is 40.4 Å². The number of nitrogens with one attached hydrogen (secondary N) is 2. The summed E-state index contributed by atoms with van der Waals surface area (Å²) in [4.78, 5) is 19.4. The van der Waals surface area contributed by atoms with Crippen LogP contribution < -0.4 is 10.9 Å². The molecule has 1 aromatic carbocycles. The molecule has 2 aromatic heterocycles. The lowest BCUT2D eigenvalue weighted by Gasteiger charge is -2.08. The maximum Gasteiger partial charge on any atom is 0.258 e. The maximum absolute atomic E-state index is 12.1. The molecule has 0 spiro atoms. The number of aromatic amines is 1. The van der Waals surface area contributed by atoms with Gasteiger partial charge in [0.15, 0.2) is 4.34 Å². The molecule has 8 heteroatoms. The highest BCUT2D eigenvalue weighted by Gasteiger charge is 2.15. The van der Waals surface area contributed by atoms with Gasteiger partial charge in [0.05, 0.1) is 16.2 Å². The molecule has 0 fully saturated rings. The Morgan fingerprint density at radius 3 is 2.90 bits per heavy atom. The first-order valence-corrected chi connectivity index (χ1v) is 8.04. The molecule has 2 heterocycles. The third-order valence-corrected chi connectivity index (χ3v) is 5.05.